The molecule has 0 radical (unpaired) electrons. The minimum absolute atomic E-state index is 0.346. The lowest BCUT2D eigenvalue weighted by molar-refractivity contribution is -0.132. The van der Waals surface area contributed by atoms with Gasteiger partial charge in [-0.05, 0) is 53.1 Å². The van der Waals surface area contributed by atoms with Crippen LogP contribution in [0, 0.1) is 0 Å². The highest BCUT2D eigenvalue weighted by Gasteiger charge is 2.34. The maximum absolute atomic E-state index is 11.9. The molecule has 0 bridgehead atoms. The van der Waals surface area contributed by atoms with Crippen molar-refractivity contribution in [2.24, 2.45) is 0 Å². The Bertz CT molecular complexity index is 970. The maximum Gasteiger partial charge on any atom is 0.308 e. The van der Waals surface area contributed by atoms with Gasteiger partial charge in [-0.2, -0.15) is 0 Å². The molecular weight excluding hydrogens is 412 g/mol. The molecule has 0 aliphatic carbocycles. The van der Waals surface area contributed by atoms with Gasteiger partial charge >= 0.3 is 17.9 Å². The predicted octanol–water partition coefficient (Wildman–Crippen LogP) is 3.75. The van der Waals surface area contributed by atoms with E-state index >= 15 is 0 Å². The highest BCUT2D eigenvalue weighted by Crippen LogP contribution is 2.38. The van der Waals surface area contributed by atoms with E-state index in [2.05, 4.69) is 0 Å². The molecule has 0 atom stereocenters. The molecule has 3 rings (SSSR count). The Balaban J connectivity index is 2.07. The van der Waals surface area contributed by atoms with Gasteiger partial charge < -0.3 is 19.3 Å². The summed E-state index contributed by atoms with van der Waals surface area (Å²) in [4.78, 5) is 33.6. The third-order valence-electron chi connectivity index (χ3n) is 4.60. The van der Waals surface area contributed by atoms with Crippen LogP contribution in [0.2, 0.25) is 0 Å². The topological polar surface area (TPSA) is 99.1 Å². The van der Waals surface area contributed by atoms with Gasteiger partial charge in [-0.15, -0.1) is 0 Å². The SMILES string of the molecule is CC(=O)Oc1ccc(C(O)(c2ccc(OC(C)=O)cc2)c2ccc(OC(C)=O)cc2)cc1. The zero-order valence-electron chi connectivity index (χ0n) is 17.8. The molecular formula is C25H22O7. The summed E-state index contributed by atoms with van der Waals surface area (Å²) in [6.07, 6.45) is 0. The fourth-order valence-electron chi connectivity index (χ4n) is 3.29. The van der Waals surface area contributed by atoms with Crippen molar-refractivity contribution in [3.63, 3.8) is 0 Å². The quantitative estimate of drug-likeness (QED) is 0.358. The van der Waals surface area contributed by atoms with Crippen molar-refractivity contribution in [3.05, 3.63) is 89.5 Å². The molecule has 0 unspecified atom stereocenters. The number of carbonyl (C=O) groups is 3. The van der Waals surface area contributed by atoms with E-state index in [1.165, 1.54) is 20.8 Å². The zero-order valence-corrected chi connectivity index (χ0v) is 17.8. The van der Waals surface area contributed by atoms with Crippen molar-refractivity contribution in [2.75, 3.05) is 0 Å². The number of ether oxygens (including phenoxy) is 3. The van der Waals surface area contributed by atoms with Crippen LogP contribution in [0.25, 0.3) is 0 Å². The monoisotopic (exact) mass is 434 g/mol. The Morgan fingerprint density at radius 1 is 0.531 bits per heavy atom. The van der Waals surface area contributed by atoms with E-state index in [-0.39, 0.29) is 0 Å². The van der Waals surface area contributed by atoms with Crippen molar-refractivity contribution in [3.8, 4) is 17.2 Å². The molecule has 0 spiro atoms. The molecule has 32 heavy (non-hydrogen) atoms. The number of hydrogen-bond donors (Lipinski definition) is 1. The van der Waals surface area contributed by atoms with Gasteiger partial charge in [-0.3, -0.25) is 14.4 Å². The number of esters is 3. The van der Waals surface area contributed by atoms with Crippen LogP contribution in [0.4, 0.5) is 0 Å². The molecule has 7 heteroatoms. The minimum atomic E-state index is -1.60. The molecule has 0 fully saturated rings. The van der Waals surface area contributed by atoms with Crippen LogP contribution in [0.1, 0.15) is 37.5 Å². The maximum atomic E-state index is 11.9. The predicted molar refractivity (Wildman–Crippen MR) is 115 cm³/mol. The Hall–Kier alpha value is -3.97. The third kappa shape index (κ3) is 5.19. The Kier molecular flexibility index (Phi) is 6.70. The van der Waals surface area contributed by atoms with E-state index in [1.807, 2.05) is 0 Å². The highest BCUT2D eigenvalue weighted by atomic mass is 16.5. The largest absolute Gasteiger partial charge is 0.427 e. The molecule has 3 aromatic rings. The molecule has 0 aliphatic rings. The van der Waals surface area contributed by atoms with Crippen LogP contribution < -0.4 is 14.2 Å². The molecule has 0 saturated heterocycles. The van der Waals surface area contributed by atoms with Crippen molar-refractivity contribution in [1.82, 2.24) is 0 Å². The normalized spacial score (nSPS) is 10.9. The fraction of sp³-hybridized carbons (Fsp3) is 0.160. The molecule has 7 nitrogen and oxygen atoms in total. The van der Waals surface area contributed by atoms with Crippen LogP contribution in [-0.2, 0) is 20.0 Å². The lowest BCUT2D eigenvalue weighted by Gasteiger charge is -2.30. The summed E-state index contributed by atoms with van der Waals surface area (Å²) in [6, 6.07) is 19.4. The molecule has 0 amide bonds. The molecule has 0 aliphatic heterocycles. The Labute approximate surface area is 185 Å². The molecule has 0 aromatic heterocycles. The van der Waals surface area contributed by atoms with E-state index in [0.29, 0.717) is 33.9 Å². The van der Waals surface area contributed by atoms with Crippen molar-refractivity contribution in [1.29, 1.82) is 0 Å². The average Bonchev–Trinajstić information content (AvgIpc) is 2.73. The number of carbonyl (C=O) groups excluding carboxylic acids is 3. The summed E-state index contributed by atoms with van der Waals surface area (Å²) < 4.78 is 15.2. The summed E-state index contributed by atoms with van der Waals surface area (Å²) in [7, 11) is 0. The van der Waals surface area contributed by atoms with Crippen molar-refractivity contribution >= 4 is 17.9 Å². The summed E-state index contributed by atoms with van der Waals surface area (Å²) in [5.74, 6) is -0.308. The highest BCUT2D eigenvalue weighted by molar-refractivity contribution is 5.70. The smallest absolute Gasteiger partial charge is 0.308 e. The van der Waals surface area contributed by atoms with E-state index in [4.69, 9.17) is 14.2 Å². The lowest BCUT2D eigenvalue weighted by atomic mass is 9.80. The second-order valence-electron chi connectivity index (χ2n) is 7.06. The second-order valence-corrected chi connectivity index (χ2v) is 7.06. The standard InChI is InChI=1S/C25H22O7/c1-16(26)30-22-10-4-19(5-11-22)25(29,20-6-12-23(13-7-20)31-17(2)27)21-8-14-24(15-9-21)32-18(3)28/h4-15,29H,1-3H3. The third-order valence-corrected chi connectivity index (χ3v) is 4.60. The molecule has 3 aromatic carbocycles. The van der Waals surface area contributed by atoms with Gasteiger partial charge in [0.1, 0.15) is 22.8 Å². The second kappa shape index (κ2) is 9.45. The first-order chi connectivity index (χ1) is 15.2. The minimum Gasteiger partial charge on any atom is -0.427 e. The Morgan fingerprint density at radius 2 is 0.750 bits per heavy atom. The van der Waals surface area contributed by atoms with Crippen molar-refractivity contribution in [2.45, 2.75) is 26.4 Å². The van der Waals surface area contributed by atoms with E-state index < -0.39 is 23.5 Å². The summed E-state index contributed by atoms with van der Waals surface area (Å²) >= 11 is 0. The molecule has 164 valence electrons. The molecule has 1 N–H and O–H groups in total. The number of benzene rings is 3. The number of rotatable bonds is 6. The number of aliphatic hydroxyl groups is 1. The van der Waals surface area contributed by atoms with E-state index in [0.717, 1.165) is 0 Å². The zero-order chi connectivity index (χ0) is 23.3. The van der Waals surface area contributed by atoms with Gasteiger partial charge in [-0.25, -0.2) is 0 Å². The first-order valence-corrected chi connectivity index (χ1v) is 9.77. The number of hydrogen-bond acceptors (Lipinski definition) is 7. The van der Waals surface area contributed by atoms with Crippen LogP contribution in [0.15, 0.2) is 72.8 Å². The lowest BCUT2D eigenvalue weighted by Crippen LogP contribution is -2.28. The van der Waals surface area contributed by atoms with Crippen LogP contribution >= 0.6 is 0 Å². The van der Waals surface area contributed by atoms with E-state index in [1.54, 1.807) is 72.8 Å². The van der Waals surface area contributed by atoms with Crippen LogP contribution in [0.5, 0.6) is 17.2 Å². The van der Waals surface area contributed by atoms with E-state index in [9.17, 15) is 19.5 Å². The molecule has 0 heterocycles. The van der Waals surface area contributed by atoms with Crippen LogP contribution in [-0.4, -0.2) is 23.0 Å². The van der Waals surface area contributed by atoms with Crippen molar-refractivity contribution < 1.29 is 33.7 Å². The summed E-state index contributed by atoms with van der Waals surface area (Å²) in [6.45, 7) is 3.92. The first-order valence-electron chi connectivity index (χ1n) is 9.77. The first kappa shape index (κ1) is 22.7. The van der Waals surface area contributed by atoms with Gasteiger partial charge in [-0.1, -0.05) is 36.4 Å². The van der Waals surface area contributed by atoms with Gasteiger partial charge in [0.05, 0.1) is 0 Å². The summed E-state index contributed by atoms with van der Waals surface area (Å²) in [5, 5.41) is 11.9. The van der Waals surface area contributed by atoms with Gasteiger partial charge in [0, 0.05) is 20.8 Å². The van der Waals surface area contributed by atoms with Gasteiger partial charge in [0.25, 0.3) is 0 Å². The molecule has 0 saturated carbocycles. The van der Waals surface area contributed by atoms with Crippen LogP contribution in [0.3, 0.4) is 0 Å². The fourth-order valence-corrected chi connectivity index (χ4v) is 3.29. The van der Waals surface area contributed by atoms with Gasteiger partial charge in [0.15, 0.2) is 0 Å². The average molecular weight is 434 g/mol. The van der Waals surface area contributed by atoms with Gasteiger partial charge in [0.2, 0.25) is 0 Å². The summed E-state index contributed by atoms with van der Waals surface area (Å²) in [5.41, 5.74) is -0.0743. The Morgan fingerprint density at radius 3 is 0.938 bits per heavy atom.